The Kier molecular flexibility index (Phi) is 3.14. The molecule has 0 spiro atoms. The molecule has 48 valence electrons. The van der Waals surface area contributed by atoms with Crippen molar-refractivity contribution in [3.8, 4) is 0 Å². The van der Waals surface area contributed by atoms with Gasteiger partial charge in [0.1, 0.15) is 0 Å². The molecule has 1 atom stereocenters. The van der Waals surface area contributed by atoms with Crippen molar-refractivity contribution in [3.05, 3.63) is 0 Å². The van der Waals surface area contributed by atoms with Crippen LogP contribution in [0.2, 0.25) is 0 Å². The van der Waals surface area contributed by atoms with E-state index in [1.54, 1.807) is 6.92 Å². The highest BCUT2D eigenvalue weighted by molar-refractivity contribution is 5.70. The molecule has 0 aliphatic rings. The van der Waals surface area contributed by atoms with Crippen molar-refractivity contribution in [3.63, 3.8) is 0 Å². The fourth-order valence-corrected chi connectivity index (χ4v) is 0.353. The number of hydrogen-bond donors (Lipinski definition) is 2. The van der Waals surface area contributed by atoms with Crippen LogP contribution in [0.4, 0.5) is 0 Å². The minimum atomic E-state index is -1.16. The molecule has 0 aromatic carbocycles. The molecule has 0 fully saturated rings. The lowest BCUT2D eigenvalue weighted by Gasteiger charge is -2.12. The van der Waals surface area contributed by atoms with Gasteiger partial charge in [-0.25, -0.2) is 0 Å². The monoisotopic (exact) mass is 117 g/mol. The third kappa shape index (κ3) is 1.90. The van der Waals surface area contributed by atoms with Gasteiger partial charge in [0.25, 0.3) is 0 Å². The first-order chi connectivity index (χ1) is 3.72. The molecule has 3 N–H and O–H groups in total. The second-order valence-electron chi connectivity index (χ2n) is 1.45. The normalized spacial score (nSPS) is 13.2. The number of aliphatic carboxylic acids is 1. The molecule has 0 aromatic heterocycles. The largest absolute Gasteiger partial charge is 0.548 e. The highest BCUT2D eigenvalue weighted by Crippen LogP contribution is 1.83. The van der Waals surface area contributed by atoms with Crippen LogP contribution in [0, 0.1) is 0 Å². The van der Waals surface area contributed by atoms with Gasteiger partial charge >= 0.3 is 0 Å². The molecule has 0 amide bonds. The summed E-state index contributed by atoms with van der Waals surface area (Å²) in [6, 6.07) is -0.713. The molecule has 0 aliphatic heterocycles. The number of carboxylic acids is 1. The smallest absolute Gasteiger partial charge is 0.0602 e. The van der Waals surface area contributed by atoms with Gasteiger partial charge in [-0.3, -0.25) is 11.3 Å². The van der Waals surface area contributed by atoms with E-state index in [4.69, 9.17) is 5.84 Å². The summed E-state index contributed by atoms with van der Waals surface area (Å²) in [5.41, 5.74) is 2.09. The highest BCUT2D eigenvalue weighted by atomic mass is 16.4. The van der Waals surface area contributed by atoms with Crippen LogP contribution in [-0.2, 0) is 4.79 Å². The number of nitrogens with one attached hydrogen (secondary N) is 1. The quantitative estimate of drug-likeness (QED) is 0.330. The molecule has 0 saturated heterocycles. The van der Waals surface area contributed by atoms with Gasteiger partial charge in [-0.1, -0.05) is 6.92 Å². The van der Waals surface area contributed by atoms with Crippen molar-refractivity contribution in [1.82, 2.24) is 5.43 Å². The van der Waals surface area contributed by atoms with E-state index >= 15 is 0 Å². The second-order valence-corrected chi connectivity index (χ2v) is 1.45. The summed E-state index contributed by atoms with van der Waals surface area (Å²) in [7, 11) is 0. The fraction of sp³-hybridized carbons (Fsp3) is 0.750. The standard InChI is InChI=1S/C4H10N2O2/c1-2-3(6-5)4(7)8/h3,6H,2,5H2,1H3,(H,7,8)/p-1. The maximum atomic E-state index is 9.91. The maximum absolute atomic E-state index is 9.91. The van der Waals surface area contributed by atoms with Crippen LogP contribution < -0.4 is 16.4 Å². The van der Waals surface area contributed by atoms with E-state index in [2.05, 4.69) is 5.43 Å². The van der Waals surface area contributed by atoms with E-state index in [1.807, 2.05) is 0 Å². The Bertz CT molecular complexity index is 80.1. The van der Waals surface area contributed by atoms with Crippen LogP contribution in [0.1, 0.15) is 13.3 Å². The Morgan fingerprint density at radius 3 is 2.50 bits per heavy atom. The molecule has 1 unspecified atom stereocenters. The van der Waals surface area contributed by atoms with Crippen LogP contribution in [0.15, 0.2) is 0 Å². The van der Waals surface area contributed by atoms with Gasteiger partial charge in [0, 0.05) is 0 Å². The van der Waals surface area contributed by atoms with Crippen LogP contribution in [0.3, 0.4) is 0 Å². The van der Waals surface area contributed by atoms with Crippen molar-refractivity contribution in [2.24, 2.45) is 5.84 Å². The number of rotatable bonds is 3. The summed E-state index contributed by atoms with van der Waals surface area (Å²) in [5, 5.41) is 9.91. The predicted octanol–water partition coefficient (Wildman–Crippen LogP) is -2.02. The van der Waals surface area contributed by atoms with Gasteiger partial charge in [-0.15, -0.1) is 0 Å². The molecule has 0 rings (SSSR count). The topological polar surface area (TPSA) is 78.2 Å². The summed E-state index contributed by atoms with van der Waals surface area (Å²) < 4.78 is 0. The maximum Gasteiger partial charge on any atom is 0.0602 e. The third-order valence-corrected chi connectivity index (χ3v) is 0.894. The second kappa shape index (κ2) is 3.40. The van der Waals surface area contributed by atoms with Gasteiger partial charge < -0.3 is 9.90 Å². The Labute approximate surface area is 47.6 Å². The highest BCUT2D eigenvalue weighted by Gasteiger charge is 2.00. The Morgan fingerprint density at radius 1 is 2.00 bits per heavy atom. The molecular formula is C4H9N2O2-. The van der Waals surface area contributed by atoms with E-state index < -0.39 is 12.0 Å². The summed E-state index contributed by atoms with van der Waals surface area (Å²) in [4.78, 5) is 9.91. The van der Waals surface area contributed by atoms with Gasteiger partial charge in [0.05, 0.1) is 12.0 Å². The Balaban J connectivity index is 3.52. The summed E-state index contributed by atoms with van der Waals surface area (Å²) in [6.07, 6.45) is 0.443. The zero-order chi connectivity index (χ0) is 6.57. The van der Waals surface area contributed by atoms with E-state index in [1.165, 1.54) is 0 Å². The lowest BCUT2D eigenvalue weighted by molar-refractivity contribution is -0.308. The van der Waals surface area contributed by atoms with Gasteiger partial charge in [-0.2, -0.15) is 0 Å². The average molecular weight is 117 g/mol. The van der Waals surface area contributed by atoms with Crippen molar-refractivity contribution in [2.75, 3.05) is 0 Å². The van der Waals surface area contributed by atoms with Gasteiger partial charge in [0.15, 0.2) is 0 Å². The van der Waals surface area contributed by atoms with E-state index in [9.17, 15) is 9.90 Å². The Morgan fingerprint density at radius 2 is 2.50 bits per heavy atom. The Hall–Kier alpha value is -0.610. The van der Waals surface area contributed by atoms with Crippen molar-refractivity contribution in [2.45, 2.75) is 19.4 Å². The van der Waals surface area contributed by atoms with Crippen LogP contribution in [-0.4, -0.2) is 12.0 Å². The number of carbonyl (C=O) groups is 1. The molecule has 4 nitrogen and oxygen atoms in total. The van der Waals surface area contributed by atoms with E-state index in [-0.39, 0.29) is 0 Å². The predicted molar refractivity (Wildman–Crippen MR) is 26.4 cm³/mol. The number of carboxylic acid groups (broad SMARTS) is 1. The first-order valence-corrected chi connectivity index (χ1v) is 2.39. The number of nitrogens with two attached hydrogens (primary N) is 1. The van der Waals surface area contributed by atoms with Crippen molar-refractivity contribution in [1.29, 1.82) is 0 Å². The zero-order valence-corrected chi connectivity index (χ0v) is 4.68. The molecular weight excluding hydrogens is 108 g/mol. The SMILES string of the molecule is CCC(NN)C(=O)[O-]. The van der Waals surface area contributed by atoms with Crippen LogP contribution in [0.5, 0.6) is 0 Å². The summed E-state index contributed by atoms with van der Waals surface area (Å²) >= 11 is 0. The minimum absolute atomic E-state index is 0.443. The fourth-order valence-electron chi connectivity index (χ4n) is 0.353. The van der Waals surface area contributed by atoms with Crippen molar-refractivity contribution < 1.29 is 9.90 Å². The number of carbonyl (C=O) groups excluding carboxylic acids is 1. The lowest BCUT2D eigenvalue weighted by atomic mass is 10.2. The van der Waals surface area contributed by atoms with E-state index in [0.717, 1.165) is 0 Å². The molecule has 0 radical (unpaired) electrons. The molecule has 0 heterocycles. The number of hydrazine groups is 1. The lowest BCUT2D eigenvalue weighted by Crippen LogP contribution is -2.48. The summed E-state index contributed by atoms with van der Waals surface area (Å²) in [6.45, 7) is 1.71. The first kappa shape index (κ1) is 7.39. The number of hydrogen-bond acceptors (Lipinski definition) is 4. The van der Waals surface area contributed by atoms with Crippen molar-refractivity contribution >= 4 is 5.97 Å². The van der Waals surface area contributed by atoms with Gasteiger partial charge in [-0.05, 0) is 6.42 Å². The first-order valence-electron chi connectivity index (χ1n) is 2.39. The third-order valence-electron chi connectivity index (χ3n) is 0.894. The zero-order valence-electron chi connectivity index (χ0n) is 4.68. The molecule has 0 bridgehead atoms. The molecule has 0 saturated carbocycles. The molecule has 8 heavy (non-hydrogen) atoms. The minimum Gasteiger partial charge on any atom is -0.548 e. The molecule has 0 aliphatic carbocycles. The summed E-state index contributed by atoms with van der Waals surface area (Å²) in [5.74, 6) is 3.66. The van der Waals surface area contributed by atoms with E-state index in [0.29, 0.717) is 6.42 Å². The van der Waals surface area contributed by atoms with Gasteiger partial charge in [0.2, 0.25) is 0 Å². The van der Waals surface area contributed by atoms with Crippen LogP contribution in [0.25, 0.3) is 0 Å². The average Bonchev–Trinajstić information content (AvgIpc) is 1.69. The molecule has 0 aromatic rings. The molecule has 4 heteroatoms. The van der Waals surface area contributed by atoms with Crippen LogP contribution >= 0.6 is 0 Å².